The van der Waals surface area contributed by atoms with Gasteiger partial charge >= 0.3 is 13.7 Å². The lowest BCUT2D eigenvalue weighted by Crippen LogP contribution is -2.54. The van der Waals surface area contributed by atoms with Crippen LogP contribution in [0.2, 0.25) is 0 Å². The minimum atomic E-state index is -0.606. The third kappa shape index (κ3) is 7.90. The van der Waals surface area contributed by atoms with E-state index >= 15 is 0 Å². The fourth-order valence-electron chi connectivity index (χ4n) is 10.3. The third-order valence-corrected chi connectivity index (χ3v) is 13.5. The van der Waals surface area contributed by atoms with Crippen molar-refractivity contribution < 1.29 is 10.2 Å². The van der Waals surface area contributed by atoms with Gasteiger partial charge in [0.05, 0.1) is 45.9 Å². The molecule has 74 heavy (non-hydrogen) atoms. The van der Waals surface area contributed by atoms with Crippen LogP contribution in [0, 0.1) is 17.9 Å². The smallest absolute Gasteiger partial charge is 0.328 e. The van der Waals surface area contributed by atoms with E-state index in [0.29, 0.717) is 77.4 Å². The molecule has 12 rings (SSSR count). The van der Waals surface area contributed by atoms with E-state index in [-0.39, 0.29) is 22.8 Å². The molecule has 0 aliphatic carbocycles. The Hall–Kier alpha value is -10.3. The van der Waals surface area contributed by atoms with Crippen molar-refractivity contribution in [1.29, 1.82) is 5.26 Å². The lowest BCUT2D eigenvalue weighted by molar-refractivity contribution is 0.475. The summed E-state index contributed by atoms with van der Waals surface area (Å²) >= 11 is 0. The van der Waals surface area contributed by atoms with Crippen molar-refractivity contribution in [3.63, 3.8) is 0 Å². The number of phenolic OH excluding ortho intramolecular Hbond substituents is 2. The van der Waals surface area contributed by atoms with Gasteiger partial charge in [0.1, 0.15) is 28.8 Å². The highest BCUT2D eigenvalue weighted by Crippen LogP contribution is 2.37. The van der Waals surface area contributed by atoms with Crippen LogP contribution in [0.15, 0.2) is 231 Å². The van der Waals surface area contributed by atoms with Crippen LogP contribution in [0.3, 0.4) is 0 Å². The van der Waals surface area contributed by atoms with Crippen LogP contribution in [-0.4, -0.2) is 52.8 Å². The molecule has 0 aliphatic heterocycles. The van der Waals surface area contributed by atoms with Gasteiger partial charge in [-0.1, -0.05) is 167 Å². The van der Waals surface area contributed by atoms with Crippen LogP contribution in [-0.2, 0) is 0 Å². The van der Waals surface area contributed by atoms with Crippen LogP contribution in [0.25, 0.3) is 71.5 Å². The van der Waals surface area contributed by atoms with Crippen molar-refractivity contribution in [3.05, 3.63) is 264 Å². The van der Waals surface area contributed by atoms with Crippen molar-refractivity contribution >= 4 is 79.7 Å². The number of nitrogens with zero attached hydrogens (tertiary/aromatic N) is 8. The van der Waals surface area contributed by atoms with Crippen LogP contribution in [0.1, 0.15) is 11.4 Å². The second kappa shape index (κ2) is 19.1. The van der Waals surface area contributed by atoms with Crippen molar-refractivity contribution in [2.45, 2.75) is 0 Å². The molecular formula is C62H40B2N8O2. The number of hydrogen-bond acceptors (Lipinski definition) is 7. The Kier molecular flexibility index (Phi) is 11.6. The van der Waals surface area contributed by atoms with Crippen LogP contribution >= 0.6 is 0 Å². The summed E-state index contributed by atoms with van der Waals surface area (Å²) < 4.78 is 4.42. The maximum atomic E-state index is 12.1. The molecule has 0 aliphatic rings. The van der Waals surface area contributed by atoms with Crippen LogP contribution in [0.4, 0.5) is 0 Å². The van der Waals surface area contributed by atoms with E-state index in [1.54, 1.807) is 36.7 Å². The summed E-state index contributed by atoms with van der Waals surface area (Å²) in [6, 6.07) is 72.6. The van der Waals surface area contributed by atoms with Gasteiger partial charge in [-0.25, -0.2) is 9.83 Å². The SMILES string of the molecule is [C-]#[N+]/C(c1cnc2ccccc2n1)=c1\c2c(-c3ccc(O)cc3)n(B(c3ccccc3)c3ccccc3)/c(=C(/C#N)c3cnc4ccccc4n3)c2c(-c2ccc(O)cc2)n1B(c1ccccc1)c1ccccc1. The van der Waals surface area contributed by atoms with Gasteiger partial charge in [0.15, 0.2) is 0 Å². The Bertz CT molecular complexity index is 3930. The van der Waals surface area contributed by atoms with Crippen LogP contribution in [0.5, 0.6) is 11.5 Å². The van der Waals surface area contributed by atoms with Gasteiger partial charge in [0.2, 0.25) is 5.70 Å². The zero-order valence-electron chi connectivity index (χ0n) is 39.6. The van der Waals surface area contributed by atoms with Crippen molar-refractivity contribution in [2.75, 3.05) is 0 Å². The van der Waals surface area contributed by atoms with E-state index in [9.17, 15) is 22.0 Å². The molecule has 2 N–H and O–H groups in total. The standard InChI is InChI=1S/C62H40B2N8O2/c1-66-58(55-40-68-51-27-15-17-29-53(51)70-55)62-57-56(59(41-30-34-47(73)35-31-41)72(62)64(45-22-10-4-11-23-45)46-24-12-5-13-25-46)61(49(38-65)54-39-67-50-26-14-16-28-52(50)69-54)71(60(57)42-32-36-48(74)37-33-42)63(43-18-6-2-7-19-43)44-20-8-3-9-21-44/h2-37,39-40,73-74H/b61-49-,62-58+. The van der Waals surface area contributed by atoms with Crippen molar-refractivity contribution in [2.24, 2.45) is 0 Å². The molecule has 12 heteroatoms. The largest absolute Gasteiger partial charge is 0.508 e. The number of aromatic nitrogens is 6. The highest BCUT2D eigenvalue weighted by atomic mass is 16.3. The van der Waals surface area contributed by atoms with E-state index in [1.807, 2.05) is 146 Å². The van der Waals surface area contributed by atoms with Gasteiger partial charge < -0.3 is 19.2 Å². The molecule has 4 aromatic heterocycles. The Morgan fingerprint density at radius 2 is 0.797 bits per heavy atom. The Morgan fingerprint density at radius 1 is 0.446 bits per heavy atom. The maximum absolute atomic E-state index is 12.1. The number of rotatable bonds is 10. The van der Waals surface area contributed by atoms with Gasteiger partial charge in [-0.15, -0.1) is 0 Å². The second-order valence-electron chi connectivity index (χ2n) is 17.9. The number of benzene rings is 8. The zero-order valence-corrected chi connectivity index (χ0v) is 39.6. The van der Waals surface area contributed by atoms with Gasteiger partial charge in [-0.3, -0.25) is 15.0 Å². The van der Waals surface area contributed by atoms with Crippen molar-refractivity contribution in [3.8, 4) is 40.1 Å². The van der Waals surface area contributed by atoms with E-state index < -0.39 is 13.7 Å². The minimum absolute atomic E-state index is 0.0670. The number of nitriles is 1. The molecule has 0 atom stereocenters. The molecule has 0 spiro atoms. The molecule has 0 bridgehead atoms. The summed E-state index contributed by atoms with van der Waals surface area (Å²) in [5.41, 5.74) is 10.0. The fraction of sp³-hybridized carbons (Fsp3) is 0. The molecule has 8 aromatic carbocycles. The first-order valence-electron chi connectivity index (χ1n) is 24.1. The highest BCUT2D eigenvalue weighted by Gasteiger charge is 2.37. The first kappa shape index (κ1) is 44.9. The molecule has 0 radical (unpaired) electrons. The molecule has 0 unspecified atom stereocenters. The zero-order chi connectivity index (χ0) is 50.1. The normalized spacial score (nSPS) is 12.0. The monoisotopic (exact) mass is 950 g/mol. The first-order valence-corrected chi connectivity index (χ1v) is 24.1. The number of para-hydroxylation sites is 4. The summed E-state index contributed by atoms with van der Waals surface area (Å²) in [6.45, 7) is 8.20. The molecule has 0 fully saturated rings. The molecule has 10 nitrogen and oxygen atoms in total. The van der Waals surface area contributed by atoms with E-state index in [4.69, 9.17) is 19.9 Å². The predicted molar refractivity (Wildman–Crippen MR) is 296 cm³/mol. The minimum Gasteiger partial charge on any atom is -0.508 e. The topological polar surface area (TPSA) is 130 Å². The molecule has 12 aromatic rings. The average molecular weight is 951 g/mol. The quantitative estimate of drug-likeness (QED) is 0.105. The fourth-order valence-corrected chi connectivity index (χ4v) is 10.3. The van der Waals surface area contributed by atoms with Crippen molar-refractivity contribution in [1.82, 2.24) is 28.9 Å². The Balaban J connectivity index is 1.45. The predicted octanol–water partition coefficient (Wildman–Crippen LogP) is 8.18. The number of aromatic hydroxyl groups is 2. The van der Waals surface area contributed by atoms with E-state index in [0.717, 1.165) is 21.9 Å². The number of hydrogen-bond donors (Lipinski definition) is 2. The first-order chi connectivity index (χ1) is 36.5. The van der Waals surface area contributed by atoms with Gasteiger partial charge in [-0.05, 0) is 83.9 Å². The summed E-state index contributed by atoms with van der Waals surface area (Å²) in [7, 11) is 0. The van der Waals surface area contributed by atoms with Gasteiger partial charge in [0, 0.05) is 33.7 Å². The summed E-state index contributed by atoms with van der Waals surface area (Å²) in [5, 5.41) is 36.4. The van der Waals surface area contributed by atoms with E-state index in [1.165, 1.54) is 0 Å². The maximum Gasteiger partial charge on any atom is 0.328 e. The molecule has 0 saturated carbocycles. The lowest BCUT2D eigenvalue weighted by Gasteiger charge is -2.24. The Labute approximate surface area is 426 Å². The summed E-state index contributed by atoms with van der Waals surface area (Å²) in [6.07, 6.45) is 3.31. The van der Waals surface area contributed by atoms with Gasteiger partial charge in [0.25, 0.3) is 0 Å². The third-order valence-electron chi connectivity index (χ3n) is 13.5. The second-order valence-corrected chi connectivity index (χ2v) is 17.9. The number of phenols is 2. The highest BCUT2D eigenvalue weighted by molar-refractivity contribution is 6.85. The Morgan fingerprint density at radius 3 is 1.20 bits per heavy atom. The summed E-state index contributed by atoms with van der Waals surface area (Å²) in [5.74, 6) is 0.134. The lowest BCUT2D eigenvalue weighted by atomic mass is 9.50. The number of fused-ring (bicyclic) bond motifs is 3. The van der Waals surface area contributed by atoms with E-state index in [2.05, 4.69) is 68.4 Å². The van der Waals surface area contributed by atoms with Gasteiger partial charge in [-0.2, -0.15) is 5.26 Å². The molecule has 0 saturated heterocycles. The molecule has 346 valence electrons. The van der Waals surface area contributed by atoms with Crippen LogP contribution < -0.4 is 32.5 Å². The molecule has 0 amide bonds. The summed E-state index contributed by atoms with van der Waals surface area (Å²) in [4.78, 5) is 24.7. The molecule has 4 heterocycles. The molecular weight excluding hydrogens is 910 g/mol. The average Bonchev–Trinajstić information content (AvgIpc) is 3.98.